The van der Waals surface area contributed by atoms with Crippen molar-refractivity contribution in [3.63, 3.8) is 0 Å². The maximum atomic E-state index is 12.9. The molecule has 4 rings (SSSR count). The van der Waals surface area contributed by atoms with Crippen molar-refractivity contribution >= 4 is 22.7 Å². The number of ketones is 1. The largest absolute Gasteiger partial charge is 0.454 e. The quantitative estimate of drug-likeness (QED) is 0.472. The summed E-state index contributed by atoms with van der Waals surface area (Å²) >= 11 is 0. The van der Waals surface area contributed by atoms with E-state index in [1.54, 1.807) is 12.1 Å². The number of hydrogen-bond donors (Lipinski definition) is 0. The van der Waals surface area contributed by atoms with Gasteiger partial charge in [0.15, 0.2) is 12.4 Å². The van der Waals surface area contributed by atoms with Crippen LogP contribution in [0.25, 0.3) is 10.9 Å². The lowest BCUT2D eigenvalue weighted by Crippen LogP contribution is -2.16. The van der Waals surface area contributed by atoms with Crippen molar-refractivity contribution in [2.45, 2.75) is 39.0 Å². The Kier molecular flexibility index (Phi) is 4.95. The number of Topliss-reactive ketones (excluding diaryl/α,β-unsaturated/α-hetero) is 1. The number of carbonyl (C=O) groups is 2. The first-order valence-corrected chi connectivity index (χ1v) is 9.75. The van der Waals surface area contributed by atoms with Crippen LogP contribution in [0.15, 0.2) is 48.5 Å². The fourth-order valence-electron chi connectivity index (χ4n) is 3.78. The standard InChI is InChI=1S/C24H23NO3/c1-15(2)16-10-12-17(13-11-16)22(26)14-28-24(27)23-18-6-3-4-8-20(18)25-21-9-5-7-19(21)23/h3-4,6,8,10-13,15H,5,7,9,14H2,1-2H3. The maximum Gasteiger partial charge on any atom is 0.339 e. The van der Waals surface area contributed by atoms with Gasteiger partial charge in [-0.3, -0.25) is 9.78 Å². The molecule has 4 heteroatoms. The summed E-state index contributed by atoms with van der Waals surface area (Å²) in [6, 6.07) is 15.1. The van der Waals surface area contributed by atoms with Crippen molar-refractivity contribution in [3.05, 3.63) is 76.5 Å². The Morgan fingerprint density at radius 3 is 2.54 bits per heavy atom. The molecular formula is C24H23NO3. The third-order valence-electron chi connectivity index (χ3n) is 5.36. The fraction of sp³-hybridized carbons (Fsp3) is 0.292. The van der Waals surface area contributed by atoms with Gasteiger partial charge in [-0.05, 0) is 42.4 Å². The molecule has 4 nitrogen and oxygen atoms in total. The minimum absolute atomic E-state index is 0.196. The Hall–Kier alpha value is -3.01. The summed E-state index contributed by atoms with van der Waals surface area (Å²) in [4.78, 5) is 30.1. The summed E-state index contributed by atoms with van der Waals surface area (Å²) in [5, 5.41) is 0.793. The first-order chi connectivity index (χ1) is 13.5. The number of hydrogen-bond acceptors (Lipinski definition) is 4. The Morgan fingerprint density at radius 2 is 1.79 bits per heavy atom. The molecule has 1 aliphatic carbocycles. The molecule has 2 aromatic carbocycles. The molecule has 0 saturated carbocycles. The fourth-order valence-corrected chi connectivity index (χ4v) is 3.78. The highest BCUT2D eigenvalue weighted by Crippen LogP contribution is 2.30. The van der Waals surface area contributed by atoms with E-state index >= 15 is 0 Å². The smallest absolute Gasteiger partial charge is 0.339 e. The number of nitrogens with zero attached hydrogens (tertiary/aromatic N) is 1. The molecule has 0 atom stereocenters. The minimum atomic E-state index is -0.441. The van der Waals surface area contributed by atoms with Crippen LogP contribution in [0.1, 0.15) is 63.7 Å². The monoisotopic (exact) mass is 373 g/mol. The topological polar surface area (TPSA) is 56.3 Å². The molecule has 1 aromatic heterocycles. The zero-order valence-electron chi connectivity index (χ0n) is 16.2. The summed E-state index contributed by atoms with van der Waals surface area (Å²) in [5.74, 6) is -0.230. The second-order valence-corrected chi connectivity index (χ2v) is 7.56. The maximum absolute atomic E-state index is 12.9. The lowest BCUT2D eigenvalue weighted by atomic mass is 10.0. The highest BCUT2D eigenvalue weighted by Gasteiger charge is 2.25. The summed E-state index contributed by atoms with van der Waals surface area (Å²) in [6.45, 7) is 3.96. The van der Waals surface area contributed by atoms with Crippen LogP contribution in [0.2, 0.25) is 0 Å². The van der Waals surface area contributed by atoms with Crippen LogP contribution in [0.4, 0.5) is 0 Å². The molecule has 28 heavy (non-hydrogen) atoms. The minimum Gasteiger partial charge on any atom is -0.454 e. The van der Waals surface area contributed by atoms with E-state index in [4.69, 9.17) is 4.74 Å². The van der Waals surface area contributed by atoms with Crippen molar-refractivity contribution in [2.24, 2.45) is 0 Å². The van der Waals surface area contributed by atoms with Crippen LogP contribution in [-0.2, 0) is 17.6 Å². The van der Waals surface area contributed by atoms with Gasteiger partial charge in [0.25, 0.3) is 0 Å². The lowest BCUT2D eigenvalue weighted by molar-refractivity contribution is 0.0475. The van der Waals surface area contributed by atoms with E-state index in [0.717, 1.165) is 41.4 Å². The molecule has 3 aromatic rings. The summed E-state index contributed by atoms with van der Waals surface area (Å²) in [6.07, 6.45) is 2.68. The third-order valence-corrected chi connectivity index (χ3v) is 5.36. The van der Waals surface area contributed by atoms with Gasteiger partial charge in [-0.1, -0.05) is 56.3 Å². The predicted molar refractivity (Wildman–Crippen MR) is 109 cm³/mol. The second kappa shape index (κ2) is 7.55. The molecule has 0 radical (unpaired) electrons. The molecule has 0 amide bonds. The van der Waals surface area contributed by atoms with E-state index in [2.05, 4.69) is 18.8 Å². The zero-order valence-corrected chi connectivity index (χ0v) is 16.2. The number of esters is 1. The van der Waals surface area contributed by atoms with Gasteiger partial charge in [-0.2, -0.15) is 0 Å². The molecule has 0 fully saturated rings. The molecule has 0 saturated heterocycles. The average molecular weight is 373 g/mol. The van der Waals surface area contributed by atoms with Crippen LogP contribution in [0, 0.1) is 0 Å². The predicted octanol–water partition coefficient (Wildman–Crippen LogP) is 4.89. The molecule has 0 N–H and O–H groups in total. The average Bonchev–Trinajstić information content (AvgIpc) is 3.17. The Bertz CT molecular complexity index is 1050. The summed E-state index contributed by atoms with van der Waals surface area (Å²) in [7, 11) is 0. The van der Waals surface area contributed by atoms with Crippen LogP contribution in [0.5, 0.6) is 0 Å². The van der Waals surface area contributed by atoms with Gasteiger partial charge in [0.1, 0.15) is 0 Å². The molecule has 1 heterocycles. The number of rotatable bonds is 5. The van der Waals surface area contributed by atoms with E-state index < -0.39 is 5.97 Å². The normalized spacial score (nSPS) is 13.0. The number of aromatic nitrogens is 1. The molecule has 0 unspecified atom stereocenters. The van der Waals surface area contributed by atoms with Crippen LogP contribution >= 0.6 is 0 Å². The number of carbonyl (C=O) groups excluding carboxylic acids is 2. The number of ether oxygens (including phenoxy) is 1. The van der Waals surface area contributed by atoms with Gasteiger partial charge in [0.2, 0.25) is 0 Å². The van der Waals surface area contributed by atoms with Crippen molar-refractivity contribution < 1.29 is 14.3 Å². The molecule has 1 aliphatic rings. The highest BCUT2D eigenvalue weighted by molar-refractivity contribution is 6.06. The molecule has 142 valence electrons. The summed E-state index contributed by atoms with van der Waals surface area (Å²) in [5.41, 5.74) is 5.04. The lowest BCUT2D eigenvalue weighted by Gasteiger charge is -2.12. The van der Waals surface area contributed by atoms with Crippen molar-refractivity contribution in [3.8, 4) is 0 Å². The van der Waals surface area contributed by atoms with E-state index in [1.807, 2.05) is 36.4 Å². The van der Waals surface area contributed by atoms with E-state index in [0.29, 0.717) is 17.0 Å². The number of benzene rings is 2. The van der Waals surface area contributed by atoms with Gasteiger partial charge in [-0.25, -0.2) is 4.79 Å². The first-order valence-electron chi connectivity index (χ1n) is 9.75. The highest BCUT2D eigenvalue weighted by atomic mass is 16.5. The Labute approximate surface area is 164 Å². The van der Waals surface area contributed by atoms with E-state index in [1.165, 1.54) is 5.56 Å². The number of fused-ring (bicyclic) bond motifs is 2. The molecule has 0 aliphatic heterocycles. The van der Waals surface area contributed by atoms with Crippen LogP contribution in [0.3, 0.4) is 0 Å². The van der Waals surface area contributed by atoms with Gasteiger partial charge >= 0.3 is 5.97 Å². The Balaban J connectivity index is 1.55. The van der Waals surface area contributed by atoms with Gasteiger partial charge in [-0.15, -0.1) is 0 Å². The van der Waals surface area contributed by atoms with Crippen molar-refractivity contribution in [1.29, 1.82) is 0 Å². The Morgan fingerprint density at radius 1 is 1.04 bits per heavy atom. The molecular weight excluding hydrogens is 350 g/mol. The number of para-hydroxylation sites is 1. The van der Waals surface area contributed by atoms with Crippen LogP contribution < -0.4 is 0 Å². The SMILES string of the molecule is CC(C)c1ccc(C(=O)COC(=O)c2c3c(nc4ccccc24)CCC3)cc1. The second-order valence-electron chi connectivity index (χ2n) is 7.56. The van der Waals surface area contributed by atoms with Crippen molar-refractivity contribution in [1.82, 2.24) is 4.98 Å². The van der Waals surface area contributed by atoms with Gasteiger partial charge in [0.05, 0.1) is 11.1 Å². The van der Waals surface area contributed by atoms with Gasteiger partial charge in [0, 0.05) is 16.6 Å². The molecule has 0 bridgehead atoms. The van der Waals surface area contributed by atoms with Crippen LogP contribution in [-0.4, -0.2) is 23.3 Å². The number of pyridine rings is 1. The van der Waals surface area contributed by atoms with E-state index in [9.17, 15) is 9.59 Å². The third kappa shape index (κ3) is 3.42. The molecule has 0 spiro atoms. The van der Waals surface area contributed by atoms with E-state index in [-0.39, 0.29) is 12.4 Å². The van der Waals surface area contributed by atoms with Crippen molar-refractivity contribution in [2.75, 3.05) is 6.61 Å². The number of aryl methyl sites for hydroxylation is 1. The zero-order chi connectivity index (χ0) is 19.7. The first kappa shape index (κ1) is 18.4. The van der Waals surface area contributed by atoms with Gasteiger partial charge < -0.3 is 4.74 Å². The summed E-state index contributed by atoms with van der Waals surface area (Å²) < 4.78 is 5.44.